The van der Waals surface area contributed by atoms with Crippen LogP contribution in [0.1, 0.15) is 18.3 Å². The van der Waals surface area contributed by atoms with Crippen molar-refractivity contribution in [1.29, 1.82) is 0 Å². The van der Waals surface area contributed by atoms with Gasteiger partial charge >= 0.3 is 0 Å². The first-order chi connectivity index (χ1) is 8.10. The van der Waals surface area contributed by atoms with Crippen LogP contribution in [0.3, 0.4) is 0 Å². The molecule has 17 heavy (non-hydrogen) atoms. The van der Waals surface area contributed by atoms with Gasteiger partial charge in [-0.15, -0.1) is 0 Å². The predicted molar refractivity (Wildman–Crippen MR) is 64.6 cm³/mol. The van der Waals surface area contributed by atoms with Gasteiger partial charge in [0.2, 0.25) is 0 Å². The van der Waals surface area contributed by atoms with Gasteiger partial charge in [0.25, 0.3) is 5.56 Å². The zero-order valence-electron chi connectivity index (χ0n) is 9.92. The van der Waals surface area contributed by atoms with Crippen LogP contribution in [0.5, 0.6) is 0 Å². The molecule has 0 bridgehead atoms. The van der Waals surface area contributed by atoms with Crippen molar-refractivity contribution in [3.05, 3.63) is 40.1 Å². The Labute approximate surface area is 98.7 Å². The number of rotatable bonds is 3. The molecule has 0 saturated heterocycles. The number of aromatic nitrogens is 4. The van der Waals surface area contributed by atoms with Crippen molar-refractivity contribution in [3.8, 4) is 0 Å². The standard InChI is InChI=1S/C11H15N5O/c1-3-15-10(4-8(2)14-15)7-16-11(17)5-9(12)6-13-16/h4-6H,3,7,12H2,1-2H3. The highest BCUT2D eigenvalue weighted by molar-refractivity contribution is 5.31. The summed E-state index contributed by atoms with van der Waals surface area (Å²) in [6.07, 6.45) is 1.47. The molecule has 0 fully saturated rings. The van der Waals surface area contributed by atoms with Gasteiger partial charge in [0, 0.05) is 12.6 Å². The molecule has 0 spiro atoms. The van der Waals surface area contributed by atoms with Gasteiger partial charge in [-0.3, -0.25) is 9.48 Å². The maximum Gasteiger partial charge on any atom is 0.269 e. The molecule has 6 heteroatoms. The highest BCUT2D eigenvalue weighted by Crippen LogP contribution is 2.04. The number of aryl methyl sites for hydroxylation is 2. The summed E-state index contributed by atoms with van der Waals surface area (Å²) in [5.74, 6) is 0. The fourth-order valence-electron chi connectivity index (χ4n) is 1.72. The molecule has 90 valence electrons. The van der Waals surface area contributed by atoms with E-state index in [1.54, 1.807) is 0 Å². The van der Waals surface area contributed by atoms with Crippen LogP contribution in [0.4, 0.5) is 5.69 Å². The van der Waals surface area contributed by atoms with Gasteiger partial charge in [-0.2, -0.15) is 10.2 Å². The van der Waals surface area contributed by atoms with Crippen LogP contribution in [0.2, 0.25) is 0 Å². The molecule has 0 aliphatic heterocycles. The lowest BCUT2D eigenvalue weighted by molar-refractivity contribution is 0.559. The van der Waals surface area contributed by atoms with E-state index in [2.05, 4.69) is 10.2 Å². The van der Waals surface area contributed by atoms with E-state index < -0.39 is 0 Å². The zero-order valence-corrected chi connectivity index (χ0v) is 9.92. The van der Waals surface area contributed by atoms with Crippen LogP contribution in [0, 0.1) is 6.92 Å². The van der Waals surface area contributed by atoms with Gasteiger partial charge in [0.05, 0.1) is 29.8 Å². The minimum atomic E-state index is -0.202. The fraction of sp³-hybridized carbons (Fsp3) is 0.364. The number of hydrogen-bond donors (Lipinski definition) is 1. The quantitative estimate of drug-likeness (QED) is 0.832. The molecule has 2 N–H and O–H groups in total. The summed E-state index contributed by atoms with van der Waals surface area (Å²) in [7, 11) is 0. The minimum absolute atomic E-state index is 0.202. The van der Waals surface area contributed by atoms with Crippen LogP contribution >= 0.6 is 0 Å². The van der Waals surface area contributed by atoms with Gasteiger partial charge in [-0.25, -0.2) is 4.68 Å². The lowest BCUT2D eigenvalue weighted by atomic mass is 10.3. The zero-order chi connectivity index (χ0) is 12.4. The lowest BCUT2D eigenvalue weighted by Crippen LogP contribution is -2.24. The van der Waals surface area contributed by atoms with Crippen LogP contribution in [0.25, 0.3) is 0 Å². The van der Waals surface area contributed by atoms with E-state index in [0.717, 1.165) is 17.9 Å². The maximum atomic E-state index is 11.6. The first-order valence-corrected chi connectivity index (χ1v) is 5.46. The van der Waals surface area contributed by atoms with Gasteiger partial charge in [0.15, 0.2) is 0 Å². The van der Waals surface area contributed by atoms with Gasteiger partial charge in [-0.1, -0.05) is 0 Å². The third kappa shape index (κ3) is 2.35. The van der Waals surface area contributed by atoms with E-state index in [-0.39, 0.29) is 5.56 Å². The molecule has 0 aliphatic carbocycles. The molecule has 2 aromatic rings. The molecular formula is C11H15N5O. The molecule has 0 unspecified atom stereocenters. The van der Waals surface area contributed by atoms with Gasteiger partial charge in [-0.05, 0) is 19.9 Å². The number of nitrogens with two attached hydrogens (primary N) is 1. The topological polar surface area (TPSA) is 78.7 Å². The molecule has 2 aromatic heterocycles. The maximum absolute atomic E-state index is 11.6. The highest BCUT2D eigenvalue weighted by Gasteiger charge is 2.06. The largest absolute Gasteiger partial charge is 0.397 e. The fourth-order valence-corrected chi connectivity index (χ4v) is 1.72. The Bertz CT molecular complexity index is 584. The molecule has 6 nitrogen and oxygen atoms in total. The molecule has 0 aliphatic rings. The molecule has 0 aromatic carbocycles. The van der Waals surface area contributed by atoms with E-state index >= 15 is 0 Å². The van der Waals surface area contributed by atoms with Crippen molar-refractivity contribution in [1.82, 2.24) is 19.6 Å². The monoisotopic (exact) mass is 233 g/mol. The summed E-state index contributed by atoms with van der Waals surface area (Å²) in [4.78, 5) is 11.6. The summed E-state index contributed by atoms with van der Waals surface area (Å²) in [5.41, 5.74) is 7.56. The summed E-state index contributed by atoms with van der Waals surface area (Å²) in [5, 5.41) is 8.32. The summed E-state index contributed by atoms with van der Waals surface area (Å²) in [6, 6.07) is 3.32. The molecular weight excluding hydrogens is 218 g/mol. The van der Waals surface area contributed by atoms with Crippen molar-refractivity contribution in [2.75, 3.05) is 5.73 Å². The minimum Gasteiger partial charge on any atom is -0.397 e. The SMILES string of the molecule is CCn1nc(C)cc1Cn1ncc(N)cc1=O. The average molecular weight is 233 g/mol. The molecule has 0 atom stereocenters. The highest BCUT2D eigenvalue weighted by atomic mass is 16.1. The average Bonchev–Trinajstić information content (AvgIpc) is 2.63. The molecule has 0 saturated carbocycles. The third-order valence-corrected chi connectivity index (χ3v) is 2.49. The normalized spacial score (nSPS) is 10.7. The van der Waals surface area contributed by atoms with Gasteiger partial charge < -0.3 is 5.73 Å². The Balaban J connectivity index is 2.34. The Morgan fingerprint density at radius 3 is 2.76 bits per heavy atom. The van der Waals surface area contributed by atoms with Crippen molar-refractivity contribution in [2.24, 2.45) is 0 Å². The number of anilines is 1. The van der Waals surface area contributed by atoms with E-state index in [0.29, 0.717) is 12.2 Å². The van der Waals surface area contributed by atoms with Crippen LogP contribution < -0.4 is 11.3 Å². The second-order valence-electron chi connectivity index (χ2n) is 3.88. The molecule has 2 heterocycles. The van der Waals surface area contributed by atoms with Crippen LogP contribution in [-0.4, -0.2) is 19.6 Å². The van der Waals surface area contributed by atoms with Crippen molar-refractivity contribution < 1.29 is 0 Å². The second-order valence-corrected chi connectivity index (χ2v) is 3.88. The lowest BCUT2D eigenvalue weighted by Gasteiger charge is -2.06. The Kier molecular flexibility index (Phi) is 2.95. The van der Waals surface area contributed by atoms with E-state index in [4.69, 9.17) is 5.73 Å². The molecule has 0 amide bonds. The van der Waals surface area contributed by atoms with Crippen LogP contribution in [-0.2, 0) is 13.1 Å². The third-order valence-electron chi connectivity index (χ3n) is 2.49. The van der Waals surface area contributed by atoms with Crippen LogP contribution in [0.15, 0.2) is 23.1 Å². The second kappa shape index (κ2) is 4.40. The number of hydrogen-bond acceptors (Lipinski definition) is 4. The summed E-state index contributed by atoms with van der Waals surface area (Å²) in [6.45, 7) is 5.12. The number of nitrogens with zero attached hydrogens (tertiary/aromatic N) is 4. The van der Waals surface area contributed by atoms with Crippen molar-refractivity contribution >= 4 is 5.69 Å². The van der Waals surface area contributed by atoms with E-state index in [1.165, 1.54) is 16.9 Å². The predicted octanol–water partition coefficient (Wildman–Crippen LogP) is 0.399. The van der Waals surface area contributed by atoms with Crippen molar-refractivity contribution in [2.45, 2.75) is 26.9 Å². The van der Waals surface area contributed by atoms with E-state index in [9.17, 15) is 4.79 Å². The van der Waals surface area contributed by atoms with Crippen molar-refractivity contribution in [3.63, 3.8) is 0 Å². The Morgan fingerprint density at radius 2 is 2.12 bits per heavy atom. The smallest absolute Gasteiger partial charge is 0.269 e. The molecule has 0 radical (unpaired) electrons. The number of nitrogen functional groups attached to an aromatic ring is 1. The first-order valence-electron chi connectivity index (χ1n) is 5.46. The van der Waals surface area contributed by atoms with E-state index in [1.807, 2.05) is 24.6 Å². The Morgan fingerprint density at radius 1 is 1.35 bits per heavy atom. The first kappa shape index (κ1) is 11.4. The summed E-state index contributed by atoms with van der Waals surface area (Å²) < 4.78 is 3.23. The van der Waals surface area contributed by atoms with Gasteiger partial charge in [0.1, 0.15) is 0 Å². The Hall–Kier alpha value is -2.11. The molecule has 2 rings (SSSR count). The summed E-state index contributed by atoms with van der Waals surface area (Å²) >= 11 is 0.